The van der Waals surface area contributed by atoms with E-state index in [1.54, 1.807) is 89.3 Å². The number of rotatable bonds is 10. The van der Waals surface area contributed by atoms with Crippen LogP contribution in [-0.4, -0.2) is 137 Å². The van der Waals surface area contributed by atoms with Gasteiger partial charge in [0.25, 0.3) is 17.1 Å². The fraction of sp³-hybridized carbons (Fsp3) is 0.333. The molecular weight excluding hydrogens is 907 g/mol. The smallest absolute Gasteiger partial charge is 0.254 e. The first-order valence-electron chi connectivity index (χ1n) is 20.9. The zero-order valence-electron chi connectivity index (χ0n) is 36.0. The van der Waals surface area contributed by atoms with Crippen LogP contribution in [0.4, 0.5) is 0 Å². The maximum absolute atomic E-state index is 12.6. The highest BCUT2D eigenvalue weighted by molar-refractivity contribution is 6.67. The second kappa shape index (κ2) is 30.7. The minimum atomic E-state index is -0.469. The number of ether oxygens (including phenoxy) is 1. The molecule has 0 spiro atoms. The van der Waals surface area contributed by atoms with Gasteiger partial charge < -0.3 is 45.4 Å². The normalized spacial score (nSPS) is 16.5. The second-order valence-electron chi connectivity index (χ2n) is 14.7. The van der Waals surface area contributed by atoms with Crippen LogP contribution in [0.3, 0.4) is 0 Å². The molecule has 0 unspecified atom stereocenters. The molecule has 3 aliphatic rings. The van der Waals surface area contributed by atoms with Crippen molar-refractivity contribution in [3.05, 3.63) is 138 Å². The molecule has 2 aromatic carbocycles. The minimum Gasteiger partial charge on any atom is -0.507 e. The standard InChI is InChI=1S/C18H18N2O4.C11H14N2O2.C7H6O3.C6H4ClNO.C5H11NO.CH4.ClH/c21-11-15-16(22)4-1-5-17(15)24-12-14-3-2-10-20(14)18(23)13-6-8-19-9-7-13;14-8-10-2-1-7-13(10)11(15)9-3-5-12-6-4-9;8-4-5-6(9)2-1-3-7(5)10;7-6(9)5-2-1-3-8-4-5;7-4-5-2-1-3-6-5;;/h1,4-9,11,14,22H,2-3,10,12H2;3-6,10,14H,1-2,7-8H2;1-4,9-10H;1-4H;5-7H,1-4H2;1H4;1H/t14-;10-;;;5-;;/m00..0../s1. The molecule has 17 nitrogen and oxygen atoms in total. The lowest BCUT2D eigenvalue weighted by Gasteiger charge is -2.25. The first kappa shape index (κ1) is 56.6. The van der Waals surface area contributed by atoms with E-state index in [0.29, 0.717) is 54.2 Å². The SMILES string of the molecule is C.Cl.O=C(Cl)c1cccnc1.O=C(c1ccncc1)N1CCC[C@H]1CO.O=Cc1c(O)cccc1O.O=Cc1c(O)cccc1OC[C@@H]1CCCN1C(=O)c1ccncc1.OC[C@@H]1CCCN1. The van der Waals surface area contributed by atoms with Gasteiger partial charge in [-0.15, -0.1) is 12.4 Å². The Morgan fingerprint density at radius 2 is 1.18 bits per heavy atom. The van der Waals surface area contributed by atoms with Gasteiger partial charge >= 0.3 is 0 Å². The monoisotopic (exact) mass is 964 g/mol. The lowest BCUT2D eigenvalue weighted by atomic mass is 10.2. The van der Waals surface area contributed by atoms with Crippen molar-refractivity contribution in [2.24, 2.45) is 0 Å². The van der Waals surface area contributed by atoms with Gasteiger partial charge in [0, 0.05) is 67.4 Å². The molecule has 6 heterocycles. The molecule has 67 heavy (non-hydrogen) atoms. The van der Waals surface area contributed by atoms with Crippen molar-refractivity contribution in [1.29, 1.82) is 0 Å². The summed E-state index contributed by atoms with van der Waals surface area (Å²) < 4.78 is 5.71. The van der Waals surface area contributed by atoms with E-state index in [0.717, 1.165) is 45.2 Å². The molecule has 6 N–H and O–H groups in total. The van der Waals surface area contributed by atoms with Crippen molar-refractivity contribution in [1.82, 2.24) is 30.1 Å². The Morgan fingerprint density at radius 1 is 0.657 bits per heavy atom. The van der Waals surface area contributed by atoms with E-state index in [-0.39, 0.29) is 85.3 Å². The topological polar surface area (TPSA) is 253 Å². The lowest BCUT2D eigenvalue weighted by Crippen LogP contribution is -2.39. The third kappa shape index (κ3) is 17.7. The fourth-order valence-electron chi connectivity index (χ4n) is 6.91. The number of aromatic nitrogens is 3. The Labute approximate surface area is 400 Å². The number of benzene rings is 2. The number of amides is 2. The van der Waals surface area contributed by atoms with Crippen LogP contribution < -0.4 is 10.1 Å². The molecule has 360 valence electrons. The third-order valence-electron chi connectivity index (χ3n) is 10.4. The molecular formula is C48H58Cl2N6O11. The van der Waals surface area contributed by atoms with Gasteiger partial charge in [0.15, 0.2) is 12.6 Å². The summed E-state index contributed by atoms with van der Waals surface area (Å²) in [7, 11) is 0. The molecule has 3 aromatic heterocycles. The predicted octanol–water partition coefficient (Wildman–Crippen LogP) is 6.12. The molecule has 0 bridgehead atoms. The summed E-state index contributed by atoms with van der Waals surface area (Å²) >= 11 is 5.12. The van der Waals surface area contributed by atoms with Crippen LogP contribution in [0, 0.1) is 0 Å². The number of carbonyl (C=O) groups excluding carboxylic acids is 5. The summed E-state index contributed by atoms with van der Waals surface area (Å²) in [6.45, 7) is 3.14. The minimum absolute atomic E-state index is 0. The summed E-state index contributed by atoms with van der Waals surface area (Å²) in [6.07, 6.45) is 16.4. The highest BCUT2D eigenvalue weighted by Crippen LogP contribution is 2.28. The predicted molar refractivity (Wildman–Crippen MR) is 254 cm³/mol. The summed E-state index contributed by atoms with van der Waals surface area (Å²) in [5.74, 6) is -0.235. The van der Waals surface area contributed by atoms with Gasteiger partial charge in [0.2, 0.25) is 0 Å². The van der Waals surface area contributed by atoms with Gasteiger partial charge in [-0.3, -0.25) is 38.9 Å². The average Bonchev–Trinajstić information content (AvgIpc) is 4.16. The first-order chi connectivity index (χ1) is 31.5. The zero-order valence-corrected chi connectivity index (χ0v) is 37.5. The number of aliphatic hydroxyl groups is 2. The van der Waals surface area contributed by atoms with Gasteiger partial charge in [-0.1, -0.05) is 19.6 Å². The van der Waals surface area contributed by atoms with Crippen LogP contribution in [0.2, 0.25) is 0 Å². The molecule has 5 aromatic rings. The number of aldehydes is 2. The highest BCUT2D eigenvalue weighted by atomic mass is 35.5. The molecule has 3 aliphatic heterocycles. The van der Waals surface area contributed by atoms with Crippen molar-refractivity contribution in [2.45, 2.75) is 64.1 Å². The second-order valence-corrected chi connectivity index (χ2v) is 15.0. The molecule has 19 heteroatoms. The number of halogens is 2. The number of nitrogens with zero attached hydrogens (tertiary/aromatic N) is 5. The summed E-state index contributed by atoms with van der Waals surface area (Å²) in [4.78, 5) is 71.2. The van der Waals surface area contributed by atoms with Gasteiger partial charge in [-0.25, -0.2) is 0 Å². The molecule has 0 saturated carbocycles. The Hall–Kier alpha value is -6.50. The van der Waals surface area contributed by atoms with Crippen LogP contribution in [0.5, 0.6) is 23.0 Å². The number of aliphatic hydroxyl groups excluding tert-OH is 2. The number of hydrogen-bond acceptors (Lipinski definition) is 15. The molecule has 3 fully saturated rings. The largest absolute Gasteiger partial charge is 0.507 e. The van der Waals surface area contributed by atoms with Crippen molar-refractivity contribution in [2.75, 3.05) is 39.5 Å². The summed E-state index contributed by atoms with van der Waals surface area (Å²) in [5, 5.41) is 47.8. The van der Waals surface area contributed by atoms with Crippen LogP contribution >= 0.6 is 24.0 Å². The number of aromatic hydroxyl groups is 3. The Morgan fingerprint density at radius 3 is 1.60 bits per heavy atom. The van der Waals surface area contributed by atoms with E-state index in [1.807, 2.05) is 0 Å². The first-order valence-corrected chi connectivity index (χ1v) is 21.2. The average molecular weight is 966 g/mol. The van der Waals surface area contributed by atoms with Crippen molar-refractivity contribution in [3.63, 3.8) is 0 Å². The van der Waals surface area contributed by atoms with E-state index < -0.39 is 5.24 Å². The van der Waals surface area contributed by atoms with E-state index in [1.165, 1.54) is 36.9 Å². The molecule has 0 aliphatic carbocycles. The Bertz CT molecular complexity index is 2240. The molecule has 8 rings (SSSR count). The number of phenolic OH excluding ortho intramolecular Hbond substituents is 3. The number of hydrogen-bond donors (Lipinski definition) is 6. The van der Waals surface area contributed by atoms with Crippen LogP contribution in [0.15, 0.2) is 110 Å². The van der Waals surface area contributed by atoms with E-state index in [9.17, 15) is 29.1 Å². The van der Waals surface area contributed by atoms with Crippen LogP contribution in [0.25, 0.3) is 0 Å². The molecule has 3 atom stereocenters. The van der Waals surface area contributed by atoms with Gasteiger partial charge in [-0.2, -0.15) is 0 Å². The quantitative estimate of drug-likeness (QED) is 0.0681. The van der Waals surface area contributed by atoms with E-state index in [2.05, 4.69) is 20.3 Å². The van der Waals surface area contributed by atoms with Crippen molar-refractivity contribution < 1.29 is 54.2 Å². The van der Waals surface area contributed by atoms with Crippen molar-refractivity contribution >= 4 is 53.6 Å². The Kier molecular flexibility index (Phi) is 25.9. The number of pyridine rings is 3. The van der Waals surface area contributed by atoms with E-state index >= 15 is 0 Å². The number of carbonyl (C=O) groups is 5. The maximum atomic E-state index is 12.6. The summed E-state index contributed by atoms with van der Waals surface area (Å²) in [6, 6.07) is 19.2. The lowest BCUT2D eigenvalue weighted by molar-refractivity contribution is 0.0675. The fourth-order valence-corrected chi connectivity index (χ4v) is 7.02. The molecule has 3 saturated heterocycles. The highest BCUT2D eigenvalue weighted by Gasteiger charge is 2.31. The zero-order chi connectivity index (χ0) is 47.0. The van der Waals surface area contributed by atoms with Crippen LogP contribution in [0.1, 0.15) is 97.7 Å². The Balaban J connectivity index is 0.000000308. The van der Waals surface area contributed by atoms with Gasteiger partial charge in [0.05, 0.1) is 42.0 Å². The van der Waals surface area contributed by atoms with Crippen molar-refractivity contribution in [3.8, 4) is 23.0 Å². The number of likely N-dealkylation sites (tertiary alicyclic amines) is 2. The van der Waals surface area contributed by atoms with Crippen LogP contribution in [-0.2, 0) is 0 Å². The summed E-state index contributed by atoms with van der Waals surface area (Å²) in [5.41, 5.74) is 1.73. The molecule has 2 amide bonds. The third-order valence-corrected chi connectivity index (χ3v) is 10.6. The van der Waals surface area contributed by atoms with Gasteiger partial charge in [-0.05, 0) is 117 Å². The van der Waals surface area contributed by atoms with Gasteiger partial charge in [0.1, 0.15) is 29.6 Å². The van der Waals surface area contributed by atoms with E-state index in [4.69, 9.17) is 36.8 Å². The molecule has 0 radical (unpaired) electrons. The number of nitrogens with one attached hydrogen (secondary N) is 1. The number of phenols is 3. The maximum Gasteiger partial charge on any atom is 0.254 e.